The van der Waals surface area contributed by atoms with E-state index in [1.54, 1.807) is 12.3 Å². The van der Waals surface area contributed by atoms with Crippen molar-refractivity contribution in [1.29, 1.82) is 0 Å². The van der Waals surface area contributed by atoms with Gasteiger partial charge in [-0.1, -0.05) is 79.4 Å². The van der Waals surface area contributed by atoms with Crippen LogP contribution in [0.4, 0.5) is 16.0 Å². The smallest absolute Gasteiger partial charge is 0.234 e. The van der Waals surface area contributed by atoms with Gasteiger partial charge in [0.05, 0.1) is 45.1 Å². The van der Waals surface area contributed by atoms with E-state index in [4.69, 9.17) is 30.9 Å². The van der Waals surface area contributed by atoms with E-state index in [-0.39, 0.29) is 23.8 Å². The highest BCUT2D eigenvalue weighted by molar-refractivity contribution is 6.30. The summed E-state index contributed by atoms with van der Waals surface area (Å²) in [6.07, 6.45) is 12.4. The van der Waals surface area contributed by atoms with Gasteiger partial charge in [0, 0.05) is 86.3 Å². The molecule has 342 valence electrons. The van der Waals surface area contributed by atoms with E-state index in [9.17, 15) is 14.0 Å². The first kappa shape index (κ1) is 47.2. The molecule has 1 saturated carbocycles. The number of anilines is 2. The molecule has 1 unspecified atom stereocenters. The van der Waals surface area contributed by atoms with Gasteiger partial charge in [-0.25, -0.2) is 9.37 Å². The largest absolute Gasteiger partial charge is 0.393 e. The van der Waals surface area contributed by atoms with Crippen LogP contribution in [-0.2, 0) is 36.8 Å². The molecule has 2 amide bonds. The Bertz CT molecular complexity index is 2210. The maximum Gasteiger partial charge on any atom is 0.234 e. The quantitative estimate of drug-likeness (QED) is 0.0475. The lowest BCUT2D eigenvalue weighted by Gasteiger charge is -2.34. The maximum atomic E-state index is 13.7. The molecule has 0 bridgehead atoms. The van der Waals surface area contributed by atoms with Crippen LogP contribution in [0.25, 0.3) is 22.2 Å². The molecule has 2 aromatic heterocycles. The molecular weight excluding hydrogens is 837 g/mol. The third-order valence-corrected chi connectivity index (χ3v) is 12.2. The second-order valence-electron chi connectivity index (χ2n) is 16.7. The van der Waals surface area contributed by atoms with Gasteiger partial charge in [-0.05, 0) is 72.6 Å². The predicted octanol–water partition coefficient (Wildman–Crippen LogP) is 7.79. The molecule has 1 aliphatic carbocycles. The SMILES string of the molecule is O=C1CCC(c2ccc(CCCOCCOCCOCCN3CCN(Cc4ccc(-c5c[nH]c6nc(Nc7cc(F)cc(Cl)c7)ncc56)cc4)CC3)cc2)C(=O)N1.OC1CCCCC1. The lowest BCUT2D eigenvalue weighted by atomic mass is 9.90. The van der Waals surface area contributed by atoms with Crippen LogP contribution in [0.3, 0.4) is 0 Å². The zero-order valence-corrected chi connectivity index (χ0v) is 37.3. The number of benzene rings is 3. The highest BCUT2D eigenvalue weighted by Gasteiger charge is 2.27. The van der Waals surface area contributed by atoms with Crippen molar-refractivity contribution in [3.63, 3.8) is 0 Å². The van der Waals surface area contributed by atoms with E-state index in [0.717, 1.165) is 87.0 Å². The van der Waals surface area contributed by atoms with Crippen LogP contribution in [0.15, 0.2) is 79.1 Å². The summed E-state index contributed by atoms with van der Waals surface area (Å²) in [4.78, 5) is 40.7. The Hall–Kier alpha value is -4.80. The number of aromatic nitrogens is 3. The average Bonchev–Trinajstić information content (AvgIpc) is 3.71. The maximum absolute atomic E-state index is 13.7. The number of hydrogen-bond donors (Lipinski definition) is 4. The summed E-state index contributed by atoms with van der Waals surface area (Å²) in [5, 5.41) is 15.5. The van der Waals surface area contributed by atoms with Crippen molar-refractivity contribution in [3.05, 3.63) is 107 Å². The Balaban J connectivity index is 0.000000798. The van der Waals surface area contributed by atoms with Crippen molar-refractivity contribution in [3.8, 4) is 11.1 Å². The molecule has 8 rings (SSSR count). The molecule has 2 aliphatic heterocycles. The Kier molecular flexibility index (Phi) is 18.0. The van der Waals surface area contributed by atoms with Gasteiger partial charge in [0.1, 0.15) is 11.5 Å². The summed E-state index contributed by atoms with van der Waals surface area (Å²) in [5.74, 6) is -0.717. The van der Waals surface area contributed by atoms with Gasteiger partial charge in [0.15, 0.2) is 0 Å². The van der Waals surface area contributed by atoms with E-state index in [1.807, 2.05) is 18.3 Å². The van der Waals surface area contributed by atoms with Crippen molar-refractivity contribution in [2.24, 2.45) is 0 Å². The first-order chi connectivity index (χ1) is 31.3. The van der Waals surface area contributed by atoms with Gasteiger partial charge in [0.25, 0.3) is 0 Å². The molecule has 3 aliphatic rings. The second-order valence-corrected chi connectivity index (χ2v) is 17.2. The summed E-state index contributed by atoms with van der Waals surface area (Å²) in [7, 11) is 0. The summed E-state index contributed by atoms with van der Waals surface area (Å²) in [6, 6.07) is 21.0. The fourth-order valence-corrected chi connectivity index (χ4v) is 8.53. The van der Waals surface area contributed by atoms with Crippen LogP contribution in [0, 0.1) is 5.82 Å². The number of fused-ring (bicyclic) bond motifs is 1. The summed E-state index contributed by atoms with van der Waals surface area (Å²) < 4.78 is 31.0. The molecule has 1 atom stereocenters. The number of nitrogens with one attached hydrogen (secondary N) is 3. The number of rotatable bonds is 19. The fraction of sp³-hybridized carbons (Fsp3) is 0.469. The van der Waals surface area contributed by atoms with Gasteiger partial charge >= 0.3 is 0 Å². The Morgan fingerprint density at radius 3 is 2.19 bits per heavy atom. The lowest BCUT2D eigenvalue weighted by molar-refractivity contribution is -0.134. The predicted molar refractivity (Wildman–Crippen MR) is 247 cm³/mol. The molecule has 3 fully saturated rings. The minimum absolute atomic E-state index is 0.0359. The van der Waals surface area contributed by atoms with Gasteiger partial charge in [-0.3, -0.25) is 24.7 Å². The van der Waals surface area contributed by atoms with E-state index in [0.29, 0.717) is 74.8 Å². The van der Waals surface area contributed by atoms with E-state index >= 15 is 0 Å². The Morgan fingerprint density at radius 2 is 1.50 bits per heavy atom. The fourth-order valence-electron chi connectivity index (χ4n) is 8.30. The molecule has 13 nitrogen and oxygen atoms in total. The number of carbonyl (C=O) groups is 2. The number of imide groups is 1. The van der Waals surface area contributed by atoms with Gasteiger partial charge in [0.2, 0.25) is 17.8 Å². The van der Waals surface area contributed by atoms with Gasteiger partial charge < -0.3 is 29.6 Å². The molecule has 4 heterocycles. The minimum Gasteiger partial charge on any atom is -0.393 e. The summed E-state index contributed by atoms with van der Waals surface area (Å²) in [6.45, 7) is 9.45. The number of aliphatic hydroxyl groups is 1. The number of aryl methyl sites for hydroxylation is 1. The van der Waals surface area contributed by atoms with Crippen molar-refractivity contribution in [2.75, 3.05) is 77.7 Å². The highest BCUT2D eigenvalue weighted by atomic mass is 35.5. The topological polar surface area (TPSA) is 154 Å². The lowest BCUT2D eigenvalue weighted by Crippen LogP contribution is -2.46. The van der Waals surface area contributed by atoms with E-state index in [1.165, 1.54) is 42.5 Å². The third-order valence-electron chi connectivity index (χ3n) is 11.9. The Labute approximate surface area is 380 Å². The molecule has 0 spiro atoms. The number of carbonyl (C=O) groups excluding carboxylic acids is 2. The van der Waals surface area contributed by atoms with Crippen LogP contribution in [-0.4, -0.2) is 120 Å². The van der Waals surface area contributed by atoms with Crippen molar-refractivity contribution in [2.45, 2.75) is 76.4 Å². The average molecular weight is 899 g/mol. The first-order valence-electron chi connectivity index (χ1n) is 22.7. The van der Waals surface area contributed by atoms with Crippen molar-refractivity contribution >= 4 is 46.1 Å². The Morgan fingerprint density at radius 1 is 0.812 bits per heavy atom. The number of piperidine rings is 1. The van der Waals surface area contributed by atoms with Crippen LogP contribution in [0.5, 0.6) is 0 Å². The van der Waals surface area contributed by atoms with Crippen molar-refractivity contribution in [1.82, 2.24) is 30.1 Å². The minimum atomic E-state index is -0.432. The number of amides is 2. The van der Waals surface area contributed by atoms with E-state index < -0.39 is 5.82 Å². The van der Waals surface area contributed by atoms with Crippen molar-refractivity contribution < 1.29 is 33.3 Å². The standard InChI is InChI=1S/C43H49ClFN7O5.C6H12O/c44-34-24-35(45)26-36(25-34)48-43-47-28-39-38(27-46-41(39)50-43)33-9-5-31(6-10-33)29-52-15-13-51(14-16-52)17-19-56-21-23-57-22-20-55-18-1-2-30-3-7-32(8-4-30)37-11-12-40(53)49-42(37)54;7-6-4-2-1-3-5-6/h3-10,24-28,37H,1-2,11-23,29H2,(H,49,53,54)(H2,46,47,48,50);6-7H,1-5H2. The number of hydrogen-bond acceptors (Lipinski definition) is 11. The van der Waals surface area contributed by atoms with E-state index in [2.05, 4.69) is 71.8 Å². The van der Waals surface area contributed by atoms with Crippen LogP contribution < -0.4 is 10.6 Å². The van der Waals surface area contributed by atoms with Gasteiger partial charge in [-0.2, -0.15) is 4.98 Å². The molecule has 3 aromatic carbocycles. The molecule has 15 heteroatoms. The third kappa shape index (κ3) is 14.6. The number of halogens is 2. The van der Waals surface area contributed by atoms with Gasteiger partial charge in [-0.15, -0.1) is 0 Å². The summed E-state index contributed by atoms with van der Waals surface area (Å²) in [5.41, 5.74) is 6.70. The molecule has 0 radical (unpaired) electrons. The molecule has 2 saturated heterocycles. The zero-order chi connectivity index (χ0) is 44.5. The number of H-pyrrole nitrogens is 1. The monoisotopic (exact) mass is 897 g/mol. The molecular formula is C49H61ClFN7O6. The number of aliphatic hydroxyl groups excluding tert-OH is 1. The number of piperazine rings is 1. The van der Waals surface area contributed by atoms with Crippen LogP contribution in [0.1, 0.15) is 74.0 Å². The number of ether oxygens (including phenoxy) is 3. The summed E-state index contributed by atoms with van der Waals surface area (Å²) >= 11 is 5.98. The number of nitrogens with zero attached hydrogens (tertiary/aromatic N) is 4. The molecule has 4 N–H and O–H groups in total. The highest BCUT2D eigenvalue weighted by Crippen LogP contribution is 2.30. The van der Waals surface area contributed by atoms with Crippen LogP contribution >= 0.6 is 11.6 Å². The molecule has 64 heavy (non-hydrogen) atoms. The second kappa shape index (κ2) is 24.5. The van der Waals surface area contributed by atoms with Crippen LogP contribution in [0.2, 0.25) is 5.02 Å². The first-order valence-corrected chi connectivity index (χ1v) is 23.1. The molecule has 5 aromatic rings. The number of aromatic amines is 1. The normalized spacial score (nSPS) is 17.6. The zero-order valence-electron chi connectivity index (χ0n) is 36.5.